The Balaban J connectivity index is 1.52. The molecule has 0 spiro atoms. The number of fused-ring (bicyclic) bond motifs is 1. The Kier molecular flexibility index (Phi) is 7.87. The molecule has 0 amide bonds. The van der Waals surface area contributed by atoms with Gasteiger partial charge in [0.25, 0.3) is 0 Å². The number of hydrogen-bond donors (Lipinski definition) is 1. The van der Waals surface area contributed by atoms with Gasteiger partial charge in [0.15, 0.2) is 17.2 Å². The number of carbonyl (C=O) groups is 2. The molecule has 0 fully saturated rings. The number of benzene rings is 2. The van der Waals surface area contributed by atoms with E-state index >= 15 is 0 Å². The lowest BCUT2D eigenvalue weighted by Crippen LogP contribution is -2.18. The summed E-state index contributed by atoms with van der Waals surface area (Å²) >= 11 is 7.99. The van der Waals surface area contributed by atoms with Crippen molar-refractivity contribution >= 4 is 35.3 Å². The molecule has 1 N–H and O–H groups in total. The summed E-state index contributed by atoms with van der Waals surface area (Å²) in [4.78, 5) is 29.2. The van der Waals surface area contributed by atoms with E-state index < -0.39 is 11.9 Å². The number of aromatic nitrogens is 2. The van der Waals surface area contributed by atoms with E-state index in [1.807, 2.05) is 30.3 Å². The largest absolute Gasteiger partial charge is 0.481 e. The topological polar surface area (TPSA) is 99.9 Å². The van der Waals surface area contributed by atoms with Gasteiger partial charge in [-0.3, -0.25) is 4.79 Å². The van der Waals surface area contributed by atoms with Crippen molar-refractivity contribution in [3.63, 3.8) is 0 Å². The highest BCUT2D eigenvalue weighted by Gasteiger charge is 2.23. The average molecular weight is 517 g/mol. The van der Waals surface area contributed by atoms with Gasteiger partial charge in [-0.25, -0.2) is 9.78 Å². The Bertz CT molecular complexity index is 1230. The molecule has 2 heterocycles. The summed E-state index contributed by atoms with van der Waals surface area (Å²) in [7, 11) is 0. The summed E-state index contributed by atoms with van der Waals surface area (Å²) in [5.41, 5.74) is 2.70. The molecule has 184 valence electrons. The van der Waals surface area contributed by atoms with E-state index in [1.54, 1.807) is 30.8 Å². The van der Waals surface area contributed by atoms with Crippen LogP contribution in [0.4, 0.5) is 0 Å². The minimum absolute atomic E-state index is 0.0959. The third kappa shape index (κ3) is 6.29. The van der Waals surface area contributed by atoms with Crippen molar-refractivity contribution in [2.24, 2.45) is 0 Å². The molecule has 10 heteroatoms. The molecule has 0 saturated carbocycles. The van der Waals surface area contributed by atoms with Gasteiger partial charge < -0.3 is 23.9 Å². The third-order valence-corrected chi connectivity index (χ3v) is 6.63. The van der Waals surface area contributed by atoms with Crippen LogP contribution in [0, 0.1) is 0 Å². The number of thioether (sulfide) groups is 1. The highest BCUT2D eigenvalue weighted by atomic mass is 35.5. The second-order valence-electron chi connectivity index (χ2n) is 8.25. The van der Waals surface area contributed by atoms with Crippen LogP contribution in [-0.2, 0) is 28.2 Å². The molecule has 1 aromatic heterocycles. The summed E-state index contributed by atoms with van der Waals surface area (Å²) in [6.45, 7) is 4.06. The molecule has 0 aliphatic carbocycles. The van der Waals surface area contributed by atoms with Gasteiger partial charge in [0.2, 0.25) is 6.79 Å². The Labute approximate surface area is 212 Å². The predicted octanol–water partition coefficient (Wildman–Crippen LogP) is 5.19. The third-order valence-electron chi connectivity index (χ3n) is 5.26. The maximum atomic E-state index is 13.0. The number of esters is 1. The number of rotatable bonds is 10. The van der Waals surface area contributed by atoms with Gasteiger partial charge in [0.1, 0.15) is 0 Å². The predicted molar refractivity (Wildman–Crippen MR) is 131 cm³/mol. The fourth-order valence-electron chi connectivity index (χ4n) is 3.57. The molecule has 4 rings (SSSR count). The fourth-order valence-corrected chi connectivity index (χ4v) is 4.63. The summed E-state index contributed by atoms with van der Waals surface area (Å²) in [5, 5.41) is 9.35. The molecule has 2 aromatic carbocycles. The van der Waals surface area contributed by atoms with Gasteiger partial charge in [-0.1, -0.05) is 23.7 Å². The number of nitrogens with zero attached hydrogens (tertiary/aromatic N) is 2. The van der Waals surface area contributed by atoms with Crippen molar-refractivity contribution in [1.82, 2.24) is 9.55 Å². The number of carboxylic acid groups (broad SMARTS) is 1. The van der Waals surface area contributed by atoms with Gasteiger partial charge in [0, 0.05) is 28.2 Å². The molecule has 1 aliphatic rings. The summed E-state index contributed by atoms with van der Waals surface area (Å²) in [6.07, 6.45) is 1.92. The first-order chi connectivity index (χ1) is 16.8. The Morgan fingerprint density at radius 1 is 1.20 bits per heavy atom. The number of aliphatic carboxylic acids is 1. The van der Waals surface area contributed by atoms with Crippen molar-refractivity contribution in [2.75, 3.05) is 6.79 Å². The zero-order valence-corrected chi connectivity index (χ0v) is 20.9. The molecule has 0 radical (unpaired) electrons. The van der Waals surface area contributed by atoms with E-state index in [-0.39, 0.29) is 19.3 Å². The zero-order valence-electron chi connectivity index (χ0n) is 19.3. The highest BCUT2D eigenvalue weighted by molar-refractivity contribution is 7.98. The van der Waals surface area contributed by atoms with Gasteiger partial charge in [-0.05, 0) is 49.6 Å². The van der Waals surface area contributed by atoms with Crippen LogP contribution in [0.25, 0.3) is 0 Å². The van der Waals surface area contributed by atoms with Crippen molar-refractivity contribution in [3.8, 4) is 11.5 Å². The van der Waals surface area contributed by atoms with E-state index in [2.05, 4.69) is 4.98 Å². The molecule has 0 bridgehead atoms. The number of aryl methyl sites for hydroxylation is 1. The second-order valence-corrected chi connectivity index (χ2v) is 9.70. The molecular formula is C25H25ClN2O6S. The summed E-state index contributed by atoms with van der Waals surface area (Å²) in [6, 6.07) is 11.2. The van der Waals surface area contributed by atoms with Crippen LogP contribution in [0.15, 0.2) is 47.6 Å². The minimum Gasteiger partial charge on any atom is -0.481 e. The number of ether oxygens (including phenoxy) is 3. The van der Waals surface area contributed by atoms with Crippen molar-refractivity contribution < 1.29 is 28.9 Å². The average Bonchev–Trinajstić information content (AvgIpc) is 3.43. The first-order valence-corrected chi connectivity index (χ1v) is 12.4. The molecule has 35 heavy (non-hydrogen) atoms. The minimum atomic E-state index is -0.818. The number of carbonyl (C=O) groups excluding carboxylic acids is 1. The van der Waals surface area contributed by atoms with Gasteiger partial charge in [-0.15, -0.1) is 11.8 Å². The lowest BCUT2D eigenvalue weighted by Gasteiger charge is -2.13. The van der Waals surface area contributed by atoms with E-state index in [4.69, 9.17) is 30.9 Å². The SMILES string of the molecule is CC(C)OC(=O)c1c(CSc2ccc(CCC(=O)O)cc2)ncn1Cc1cc2c(cc1Cl)OCO2. The summed E-state index contributed by atoms with van der Waals surface area (Å²) < 4.78 is 18.1. The molecule has 3 aromatic rings. The number of carboxylic acids is 1. The number of imidazole rings is 1. The lowest BCUT2D eigenvalue weighted by molar-refractivity contribution is -0.136. The molecule has 0 unspecified atom stereocenters. The normalized spacial score (nSPS) is 12.2. The van der Waals surface area contributed by atoms with E-state index in [0.29, 0.717) is 46.6 Å². The van der Waals surface area contributed by atoms with Crippen molar-refractivity contribution in [3.05, 3.63) is 70.3 Å². The van der Waals surface area contributed by atoms with Crippen LogP contribution in [0.5, 0.6) is 11.5 Å². The van der Waals surface area contributed by atoms with E-state index in [0.717, 1.165) is 16.0 Å². The highest BCUT2D eigenvalue weighted by Crippen LogP contribution is 2.37. The van der Waals surface area contributed by atoms with Gasteiger partial charge in [0.05, 0.1) is 24.7 Å². The van der Waals surface area contributed by atoms with Crippen LogP contribution in [0.1, 0.15) is 47.6 Å². The maximum Gasteiger partial charge on any atom is 0.357 e. The van der Waals surface area contributed by atoms with Crippen LogP contribution >= 0.6 is 23.4 Å². The van der Waals surface area contributed by atoms with Crippen molar-refractivity contribution in [1.29, 1.82) is 0 Å². The van der Waals surface area contributed by atoms with E-state index in [9.17, 15) is 9.59 Å². The molecule has 8 nitrogen and oxygen atoms in total. The number of hydrogen-bond acceptors (Lipinski definition) is 7. The maximum absolute atomic E-state index is 13.0. The monoisotopic (exact) mass is 516 g/mol. The Hall–Kier alpha value is -3.17. The molecular weight excluding hydrogens is 492 g/mol. The Morgan fingerprint density at radius 3 is 2.60 bits per heavy atom. The van der Waals surface area contributed by atoms with Crippen LogP contribution < -0.4 is 9.47 Å². The summed E-state index contributed by atoms with van der Waals surface area (Å²) in [5.74, 6) is 0.392. The van der Waals surface area contributed by atoms with E-state index in [1.165, 1.54) is 11.8 Å². The zero-order chi connectivity index (χ0) is 24.9. The standard InChI is InChI=1S/C25H25ClN2O6S/c1-15(2)34-25(31)24-20(12-35-18-6-3-16(4-7-18)5-8-23(29)30)27-13-28(24)11-17-9-21-22(10-19(17)26)33-14-32-21/h3-4,6-7,9-10,13,15H,5,8,11-12,14H2,1-2H3,(H,29,30). The Morgan fingerprint density at radius 2 is 1.91 bits per heavy atom. The van der Waals surface area contributed by atoms with Gasteiger partial charge in [-0.2, -0.15) is 0 Å². The van der Waals surface area contributed by atoms with Crippen LogP contribution in [0.3, 0.4) is 0 Å². The molecule has 1 aliphatic heterocycles. The fraction of sp³-hybridized carbons (Fsp3) is 0.320. The quantitative estimate of drug-likeness (QED) is 0.290. The second kappa shape index (κ2) is 11.0. The first-order valence-electron chi connectivity index (χ1n) is 11.1. The first kappa shape index (κ1) is 24.9. The molecule has 0 atom stereocenters. The molecule has 0 saturated heterocycles. The smallest absolute Gasteiger partial charge is 0.357 e. The van der Waals surface area contributed by atoms with Gasteiger partial charge >= 0.3 is 11.9 Å². The number of halogens is 1. The lowest BCUT2D eigenvalue weighted by atomic mass is 10.1. The van der Waals surface area contributed by atoms with Crippen LogP contribution in [0.2, 0.25) is 5.02 Å². The van der Waals surface area contributed by atoms with Crippen LogP contribution in [-0.4, -0.2) is 39.5 Å². The van der Waals surface area contributed by atoms with Crippen molar-refractivity contribution in [2.45, 2.75) is 50.0 Å².